The molecule has 2 nitrogen and oxygen atoms in total. The first-order valence-corrected chi connectivity index (χ1v) is 4.92. The Morgan fingerprint density at radius 2 is 2.08 bits per heavy atom. The zero-order chi connectivity index (χ0) is 9.56. The molecule has 1 unspecified atom stereocenters. The summed E-state index contributed by atoms with van der Waals surface area (Å²) < 4.78 is 0. The molecule has 0 aromatic carbocycles. The van der Waals surface area contributed by atoms with Crippen molar-refractivity contribution in [1.82, 2.24) is 5.32 Å². The summed E-state index contributed by atoms with van der Waals surface area (Å²) >= 11 is 5.95. The third-order valence-corrected chi connectivity index (χ3v) is 2.35. The fourth-order valence-corrected chi connectivity index (χ4v) is 0.840. The minimum atomic E-state index is 0.0470. The number of alkyl halides is 1. The van der Waals surface area contributed by atoms with E-state index in [2.05, 4.69) is 5.32 Å². The lowest BCUT2D eigenvalue weighted by atomic mass is 10.1. The Hall–Kier alpha value is -0.240. The molecule has 72 valence electrons. The maximum Gasteiger partial charge on any atom is 0.220 e. The highest BCUT2D eigenvalue weighted by Crippen LogP contribution is 2.07. The molecule has 1 amide bonds. The second-order valence-corrected chi connectivity index (χ2v) is 3.87. The molecule has 3 heteroatoms. The zero-order valence-corrected chi connectivity index (χ0v) is 8.82. The van der Waals surface area contributed by atoms with Gasteiger partial charge in [-0.05, 0) is 12.3 Å². The number of amides is 1. The van der Waals surface area contributed by atoms with E-state index in [9.17, 15) is 4.79 Å². The second kappa shape index (κ2) is 6.30. The molecule has 1 atom stereocenters. The molecule has 0 aliphatic carbocycles. The van der Waals surface area contributed by atoms with Crippen LogP contribution in [0.15, 0.2) is 0 Å². The van der Waals surface area contributed by atoms with Crippen molar-refractivity contribution in [3.63, 3.8) is 0 Å². The fourth-order valence-electron chi connectivity index (χ4n) is 0.762. The Morgan fingerprint density at radius 1 is 1.50 bits per heavy atom. The monoisotopic (exact) mass is 191 g/mol. The van der Waals surface area contributed by atoms with Gasteiger partial charge in [0.15, 0.2) is 0 Å². The topological polar surface area (TPSA) is 29.1 Å². The average Bonchev–Trinajstić information content (AvgIpc) is 2.00. The van der Waals surface area contributed by atoms with E-state index in [-0.39, 0.29) is 11.3 Å². The molecule has 0 rings (SSSR count). The highest BCUT2D eigenvalue weighted by Gasteiger charge is 2.10. The number of carbonyl (C=O) groups excluding carboxylic acids is 1. The molecule has 0 aliphatic rings. The molecule has 0 aromatic heterocycles. The van der Waals surface area contributed by atoms with Crippen molar-refractivity contribution in [2.24, 2.45) is 5.92 Å². The molecule has 1 N–H and O–H groups in total. The highest BCUT2D eigenvalue weighted by molar-refractivity contribution is 6.21. The predicted molar refractivity (Wildman–Crippen MR) is 52.4 cm³/mol. The summed E-state index contributed by atoms with van der Waals surface area (Å²) in [6.45, 7) is 6.66. The molecule has 0 aliphatic heterocycles. The van der Waals surface area contributed by atoms with Crippen molar-refractivity contribution in [3.8, 4) is 0 Å². The predicted octanol–water partition coefficient (Wildman–Crippen LogP) is 2.17. The molecule has 0 fully saturated rings. The average molecular weight is 192 g/mol. The van der Waals surface area contributed by atoms with E-state index >= 15 is 0 Å². The number of rotatable bonds is 5. The first-order valence-electron chi connectivity index (χ1n) is 4.48. The van der Waals surface area contributed by atoms with Gasteiger partial charge < -0.3 is 5.32 Å². The summed E-state index contributed by atoms with van der Waals surface area (Å²) in [5.74, 6) is 0.511. The van der Waals surface area contributed by atoms with Crippen LogP contribution in [0, 0.1) is 5.92 Å². The minimum Gasteiger partial charge on any atom is -0.355 e. The largest absolute Gasteiger partial charge is 0.355 e. The van der Waals surface area contributed by atoms with Crippen LogP contribution in [-0.4, -0.2) is 17.8 Å². The van der Waals surface area contributed by atoms with Gasteiger partial charge in [0.2, 0.25) is 5.91 Å². The van der Waals surface area contributed by atoms with Gasteiger partial charge in [0, 0.05) is 13.0 Å². The van der Waals surface area contributed by atoms with Crippen LogP contribution in [-0.2, 0) is 4.79 Å². The van der Waals surface area contributed by atoms with Crippen molar-refractivity contribution in [2.75, 3.05) is 6.54 Å². The minimum absolute atomic E-state index is 0.0470. The molecule has 0 heterocycles. The van der Waals surface area contributed by atoms with E-state index in [0.717, 1.165) is 6.42 Å². The van der Waals surface area contributed by atoms with E-state index in [4.69, 9.17) is 11.6 Å². The van der Waals surface area contributed by atoms with E-state index in [1.807, 2.05) is 20.8 Å². The Bertz CT molecular complexity index is 136. The van der Waals surface area contributed by atoms with Gasteiger partial charge in [-0.3, -0.25) is 4.79 Å². The summed E-state index contributed by atoms with van der Waals surface area (Å²) in [5, 5.41) is 2.84. The first-order chi connectivity index (χ1) is 5.57. The third-order valence-electron chi connectivity index (χ3n) is 1.69. The molecule has 0 saturated carbocycles. The maximum absolute atomic E-state index is 11.0. The third kappa shape index (κ3) is 5.42. The van der Waals surface area contributed by atoms with Crippen LogP contribution in [0.2, 0.25) is 0 Å². The van der Waals surface area contributed by atoms with E-state index in [1.165, 1.54) is 0 Å². The van der Waals surface area contributed by atoms with Gasteiger partial charge in [-0.2, -0.15) is 0 Å². The number of hydrogen-bond acceptors (Lipinski definition) is 1. The van der Waals surface area contributed by atoms with Crippen molar-refractivity contribution >= 4 is 17.5 Å². The molecule has 0 spiro atoms. The van der Waals surface area contributed by atoms with Crippen LogP contribution >= 0.6 is 11.6 Å². The summed E-state index contributed by atoms with van der Waals surface area (Å²) in [5.41, 5.74) is 0. The standard InChI is InChI=1S/C9H18ClNO/c1-4-5-9(12)11-6-8(10)7(2)3/h7-8H,4-6H2,1-3H3,(H,11,12). The van der Waals surface area contributed by atoms with Gasteiger partial charge in [-0.25, -0.2) is 0 Å². The number of hydrogen-bond donors (Lipinski definition) is 1. The maximum atomic E-state index is 11.0. The normalized spacial score (nSPS) is 13.1. The molecular weight excluding hydrogens is 174 g/mol. The summed E-state index contributed by atoms with van der Waals surface area (Å²) in [7, 11) is 0. The molecule has 0 radical (unpaired) electrons. The smallest absolute Gasteiger partial charge is 0.220 e. The molecule has 0 bridgehead atoms. The van der Waals surface area contributed by atoms with E-state index in [0.29, 0.717) is 18.9 Å². The lowest BCUT2D eigenvalue weighted by Gasteiger charge is -2.13. The lowest BCUT2D eigenvalue weighted by Crippen LogP contribution is -2.31. The quantitative estimate of drug-likeness (QED) is 0.664. The van der Waals surface area contributed by atoms with Crippen molar-refractivity contribution in [3.05, 3.63) is 0 Å². The molecule has 0 saturated heterocycles. The van der Waals surface area contributed by atoms with Gasteiger partial charge in [-0.15, -0.1) is 11.6 Å². The highest BCUT2D eigenvalue weighted by atomic mass is 35.5. The fraction of sp³-hybridized carbons (Fsp3) is 0.889. The Balaban J connectivity index is 3.47. The van der Waals surface area contributed by atoms with Gasteiger partial charge in [0.1, 0.15) is 0 Å². The molecular formula is C9H18ClNO. The first kappa shape index (κ1) is 11.8. The van der Waals surface area contributed by atoms with Gasteiger partial charge in [0.25, 0.3) is 0 Å². The van der Waals surface area contributed by atoms with Crippen molar-refractivity contribution < 1.29 is 4.79 Å². The summed E-state index contributed by atoms with van der Waals surface area (Å²) in [6.07, 6.45) is 1.49. The second-order valence-electron chi connectivity index (χ2n) is 3.31. The number of halogens is 1. The zero-order valence-electron chi connectivity index (χ0n) is 8.06. The van der Waals surface area contributed by atoms with Crippen LogP contribution < -0.4 is 5.32 Å². The van der Waals surface area contributed by atoms with Gasteiger partial charge in [0.05, 0.1) is 5.38 Å². The molecule has 12 heavy (non-hydrogen) atoms. The van der Waals surface area contributed by atoms with Crippen LogP contribution in [0.4, 0.5) is 0 Å². The Morgan fingerprint density at radius 3 is 2.50 bits per heavy atom. The van der Waals surface area contributed by atoms with Crippen molar-refractivity contribution in [1.29, 1.82) is 0 Å². The Kier molecular flexibility index (Phi) is 6.17. The van der Waals surface area contributed by atoms with Gasteiger partial charge in [-0.1, -0.05) is 20.8 Å². The van der Waals surface area contributed by atoms with Gasteiger partial charge >= 0.3 is 0 Å². The van der Waals surface area contributed by atoms with Crippen LogP contribution in [0.3, 0.4) is 0 Å². The van der Waals surface area contributed by atoms with Crippen LogP contribution in [0.25, 0.3) is 0 Å². The number of carbonyl (C=O) groups is 1. The molecule has 0 aromatic rings. The van der Waals surface area contributed by atoms with Crippen LogP contribution in [0.5, 0.6) is 0 Å². The summed E-state index contributed by atoms with van der Waals surface area (Å²) in [4.78, 5) is 11.0. The number of nitrogens with one attached hydrogen (secondary N) is 1. The lowest BCUT2D eigenvalue weighted by molar-refractivity contribution is -0.121. The SMILES string of the molecule is CCCC(=O)NCC(Cl)C(C)C. The van der Waals surface area contributed by atoms with Crippen LogP contribution in [0.1, 0.15) is 33.6 Å². The van der Waals surface area contributed by atoms with E-state index in [1.54, 1.807) is 0 Å². The Labute approximate surface area is 79.7 Å². The summed E-state index contributed by atoms with van der Waals surface area (Å²) in [6, 6.07) is 0. The van der Waals surface area contributed by atoms with E-state index < -0.39 is 0 Å². The van der Waals surface area contributed by atoms with Crippen molar-refractivity contribution in [2.45, 2.75) is 39.0 Å².